The highest BCUT2D eigenvalue weighted by atomic mass is 16.7. The smallest absolute Gasteiger partial charge is 0.303 e. The van der Waals surface area contributed by atoms with E-state index in [1.54, 1.807) is 0 Å². The van der Waals surface area contributed by atoms with E-state index in [1.165, 1.54) is 26.3 Å². The lowest BCUT2D eigenvalue weighted by molar-refractivity contribution is -0.324. The number of esters is 3. The zero-order chi connectivity index (χ0) is 29.5. The van der Waals surface area contributed by atoms with Gasteiger partial charge in [-0.1, -0.05) is 39.3 Å². The molecule has 4 aliphatic carbocycles. The zero-order valence-electron chi connectivity index (χ0n) is 25.8. The number of hydrogen-bond acceptors (Lipinski definition) is 8. The van der Waals surface area contributed by atoms with Gasteiger partial charge < -0.3 is 23.7 Å². The first-order valence-electron chi connectivity index (χ1n) is 15.8. The first-order chi connectivity index (χ1) is 19.3. The lowest BCUT2D eigenvalue weighted by atomic mass is 9.46. The van der Waals surface area contributed by atoms with E-state index in [9.17, 15) is 14.4 Å². The van der Waals surface area contributed by atoms with Crippen molar-refractivity contribution in [3.8, 4) is 0 Å². The van der Waals surface area contributed by atoms with Crippen molar-refractivity contribution in [3.05, 3.63) is 11.6 Å². The number of carbonyl (C=O) groups is 3. The van der Waals surface area contributed by atoms with Gasteiger partial charge in [0.1, 0.15) is 18.3 Å². The molecule has 0 aromatic rings. The lowest BCUT2D eigenvalue weighted by Gasteiger charge is -2.59. The summed E-state index contributed by atoms with van der Waals surface area (Å²) in [6.45, 7) is 14.1. The molecule has 1 unspecified atom stereocenters. The van der Waals surface area contributed by atoms with Crippen LogP contribution >= 0.6 is 0 Å². The molecule has 6 rings (SSSR count). The molecule has 2 heterocycles. The Morgan fingerprint density at radius 3 is 2.32 bits per heavy atom. The maximum Gasteiger partial charge on any atom is 0.303 e. The molecule has 0 amide bonds. The maximum atomic E-state index is 12.6. The van der Waals surface area contributed by atoms with Crippen molar-refractivity contribution in [2.75, 3.05) is 6.61 Å². The van der Waals surface area contributed by atoms with E-state index in [0.29, 0.717) is 24.9 Å². The summed E-state index contributed by atoms with van der Waals surface area (Å²) in [5, 5.41) is 0. The van der Waals surface area contributed by atoms with Crippen molar-refractivity contribution in [1.29, 1.82) is 0 Å². The fourth-order valence-electron chi connectivity index (χ4n) is 10.8. The molecule has 0 radical (unpaired) electrons. The summed E-state index contributed by atoms with van der Waals surface area (Å²) < 4.78 is 31.3. The third-order valence-electron chi connectivity index (χ3n) is 12.2. The van der Waals surface area contributed by atoms with Crippen molar-refractivity contribution >= 4 is 17.9 Å². The highest BCUT2D eigenvalue weighted by Crippen LogP contribution is 2.71. The molecule has 0 aromatic heterocycles. The molecule has 13 atom stereocenters. The summed E-state index contributed by atoms with van der Waals surface area (Å²) in [4.78, 5) is 36.4. The number of carbonyl (C=O) groups excluding carboxylic acids is 3. The fourth-order valence-corrected chi connectivity index (χ4v) is 10.8. The van der Waals surface area contributed by atoms with E-state index < -0.39 is 11.9 Å². The first-order valence-corrected chi connectivity index (χ1v) is 15.8. The van der Waals surface area contributed by atoms with Crippen LogP contribution in [-0.2, 0) is 38.1 Å². The molecule has 228 valence electrons. The maximum absolute atomic E-state index is 12.6. The predicted octanol–water partition coefficient (Wildman–Crippen LogP) is 5.37. The van der Waals surface area contributed by atoms with Crippen molar-refractivity contribution in [2.24, 2.45) is 46.3 Å². The van der Waals surface area contributed by atoms with Crippen LogP contribution in [0, 0.1) is 46.3 Å². The van der Waals surface area contributed by atoms with Gasteiger partial charge in [0.15, 0.2) is 6.10 Å². The van der Waals surface area contributed by atoms with E-state index in [4.69, 9.17) is 23.7 Å². The van der Waals surface area contributed by atoms with Crippen LogP contribution in [0.4, 0.5) is 0 Å². The number of allylic oxidation sites excluding steroid dienone is 1. The number of hydrogen-bond donors (Lipinski definition) is 0. The molecule has 0 aromatic carbocycles. The third kappa shape index (κ3) is 4.40. The van der Waals surface area contributed by atoms with Crippen LogP contribution in [0.15, 0.2) is 11.6 Å². The second-order valence-electron chi connectivity index (χ2n) is 14.6. The van der Waals surface area contributed by atoms with E-state index in [1.807, 2.05) is 0 Å². The summed E-state index contributed by atoms with van der Waals surface area (Å²) in [6, 6.07) is 0. The van der Waals surface area contributed by atoms with Crippen molar-refractivity contribution in [3.63, 3.8) is 0 Å². The third-order valence-corrected chi connectivity index (χ3v) is 12.2. The fraction of sp³-hybridized carbons (Fsp3) is 0.848. The monoisotopic (exact) mass is 572 g/mol. The Balaban J connectivity index is 1.34. The van der Waals surface area contributed by atoms with Gasteiger partial charge in [0, 0.05) is 44.9 Å². The molecule has 6 aliphatic rings. The summed E-state index contributed by atoms with van der Waals surface area (Å²) in [5.74, 6) is -0.513. The van der Waals surface area contributed by atoms with Gasteiger partial charge in [0.05, 0.1) is 6.61 Å². The van der Waals surface area contributed by atoms with E-state index in [0.717, 1.165) is 38.5 Å². The number of ether oxygens (including phenoxy) is 5. The SMILES string of the molecule is CC(=O)O[C@H]1CC[C@@]2(C)C(=CC[C@H]3[C@@H]4[C@@H](OC(C)=O)C5O[C@@]6(OC[C@H](C)C[C@@H]6OC(C)=O)[C@@H](C)[C@@H]5[C@@]4(C)CC[C@@H]32)C1. The van der Waals surface area contributed by atoms with E-state index >= 15 is 0 Å². The molecular formula is C33H48O8. The van der Waals surface area contributed by atoms with Gasteiger partial charge in [-0.05, 0) is 67.1 Å². The van der Waals surface area contributed by atoms with Crippen LogP contribution in [-0.4, -0.2) is 54.7 Å². The van der Waals surface area contributed by atoms with Crippen molar-refractivity contribution in [1.82, 2.24) is 0 Å². The predicted molar refractivity (Wildman–Crippen MR) is 149 cm³/mol. The van der Waals surface area contributed by atoms with E-state index in [2.05, 4.69) is 33.8 Å². The van der Waals surface area contributed by atoms with Crippen LogP contribution in [0.5, 0.6) is 0 Å². The molecule has 3 saturated carbocycles. The number of fused-ring (bicyclic) bond motifs is 7. The zero-order valence-corrected chi connectivity index (χ0v) is 25.8. The van der Waals surface area contributed by atoms with Gasteiger partial charge in [0.25, 0.3) is 0 Å². The minimum Gasteiger partial charge on any atom is -0.462 e. The van der Waals surface area contributed by atoms with Crippen molar-refractivity contribution in [2.45, 2.75) is 124 Å². The molecule has 5 fully saturated rings. The summed E-state index contributed by atoms with van der Waals surface area (Å²) >= 11 is 0. The van der Waals surface area contributed by atoms with Crippen LogP contribution in [0.25, 0.3) is 0 Å². The quantitative estimate of drug-likeness (QED) is 0.253. The van der Waals surface area contributed by atoms with Gasteiger partial charge >= 0.3 is 17.9 Å². The minimum atomic E-state index is -1.03. The molecule has 41 heavy (non-hydrogen) atoms. The molecule has 8 nitrogen and oxygen atoms in total. The van der Waals surface area contributed by atoms with Gasteiger partial charge in [-0.25, -0.2) is 0 Å². The highest BCUT2D eigenvalue weighted by Gasteiger charge is 2.75. The molecule has 0 N–H and O–H groups in total. The molecular weight excluding hydrogens is 524 g/mol. The standard InChI is InChI=1S/C33H48O8/c1-17-14-26(39-20(4)35)33(37-16-17)18(2)27-30(41-33)29(40-21(5)36)28-24-9-8-22-15-23(38-19(3)34)10-12-31(22,6)25(24)11-13-32(27,28)7/h8,17-18,23-30H,9-16H2,1-7H3/t17-,18+,23+,24-,25+,26+,27+,28-,29-,30?,31+,32-,33+/m1/s1. The summed E-state index contributed by atoms with van der Waals surface area (Å²) in [6.07, 6.45) is 7.63. The Kier molecular flexibility index (Phi) is 7.16. The Labute approximate surface area is 244 Å². The van der Waals surface area contributed by atoms with Gasteiger partial charge in [-0.15, -0.1) is 0 Å². The largest absolute Gasteiger partial charge is 0.462 e. The van der Waals surface area contributed by atoms with Crippen molar-refractivity contribution < 1.29 is 38.1 Å². The average molecular weight is 573 g/mol. The van der Waals surface area contributed by atoms with Crippen LogP contribution in [0.1, 0.15) is 93.4 Å². The molecule has 2 aliphatic heterocycles. The Morgan fingerprint density at radius 1 is 0.927 bits per heavy atom. The second-order valence-corrected chi connectivity index (χ2v) is 14.6. The van der Waals surface area contributed by atoms with Crippen LogP contribution < -0.4 is 0 Å². The summed E-state index contributed by atoms with van der Waals surface area (Å²) in [7, 11) is 0. The van der Waals surface area contributed by atoms with Gasteiger partial charge in [-0.3, -0.25) is 14.4 Å². The first kappa shape index (κ1) is 29.2. The Bertz CT molecular complexity index is 1130. The lowest BCUT2D eigenvalue weighted by Crippen LogP contribution is -2.59. The Hall–Kier alpha value is -1.93. The minimum absolute atomic E-state index is 0.0293. The molecule has 2 saturated heterocycles. The highest BCUT2D eigenvalue weighted by molar-refractivity contribution is 5.67. The second kappa shape index (κ2) is 10.1. The summed E-state index contributed by atoms with van der Waals surface area (Å²) in [5.41, 5.74) is 1.37. The van der Waals surface area contributed by atoms with Crippen LogP contribution in [0.3, 0.4) is 0 Å². The number of rotatable bonds is 3. The Morgan fingerprint density at radius 2 is 1.63 bits per heavy atom. The molecule has 1 spiro atoms. The normalized spacial score (nSPS) is 50.1. The molecule has 8 heteroatoms. The molecule has 0 bridgehead atoms. The van der Waals surface area contributed by atoms with E-state index in [-0.39, 0.29) is 70.7 Å². The van der Waals surface area contributed by atoms with Crippen LogP contribution in [0.2, 0.25) is 0 Å². The van der Waals surface area contributed by atoms with Gasteiger partial charge in [-0.2, -0.15) is 0 Å². The topological polar surface area (TPSA) is 97.4 Å². The average Bonchev–Trinajstić information content (AvgIpc) is 3.30. The van der Waals surface area contributed by atoms with Gasteiger partial charge in [0.2, 0.25) is 5.79 Å².